The number of ether oxygens (including phenoxy) is 1. The van der Waals surface area contributed by atoms with Crippen LogP contribution in [0.4, 0.5) is 5.69 Å². The van der Waals surface area contributed by atoms with Crippen LogP contribution >= 0.6 is 12.2 Å². The van der Waals surface area contributed by atoms with Crippen molar-refractivity contribution in [2.75, 3.05) is 12.4 Å². The quantitative estimate of drug-likeness (QED) is 0.705. The fourth-order valence-electron chi connectivity index (χ4n) is 2.39. The molecule has 5 nitrogen and oxygen atoms in total. The molecule has 0 saturated heterocycles. The van der Waals surface area contributed by atoms with Gasteiger partial charge in [-0.1, -0.05) is 18.2 Å². The van der Waals surface area contributed by atoms with Gasteiger partial charge in [0.25, 0.3) is 5.91 Å². The van der Waals surface area contributed by atoms with Gasteiger partial charge in [0, 0.05) is 23.6 Å². The van der Waals surface area contributed by atoms with Crippen LogP contribution in [0.3, 0.4) is 0 Å². The van der Waals surface area contributed by atoms with E-state index in [1.54, 1.807) is 31.4 Å². The van der Waals surface area contributed by atoms with Gasteiger partial charge in [-0.15, -0.1) is 0 Å². The van der Waals surface area contributed by atoms with E-state index in [0.29, 0.717) is 5.56 Å². The fourth-order valence-corrected chi connectivity index (χ4v) is 2.60. The lowest BCUT2D eigenvalue weighted by molar-refractivity contribution is 0.0977. The summed E-state index contributed by atoms with van der Waals surface area (Å²) in [5.41, 5.74) is 2.17. The normalized spacial score (nSPS) is 10.1. The van der Waals surface area contributed by atoms with Gasteiger partial charge in [0.05, 0.1) is 12.8 Å². The summed E-state index contributed by atoms with van der Waals surface area (Å²) in [7, 11) is 1.63. The molecule has 0 spiro atoms. The first-order valence-electron chi connectivity index (χ1n) is 7.66. The lowest BCUT2D eigenvalue weighted by Crippen LogP contribution is -2.34. The number of methoxy groups -OCH3 is 1. The summed E-state index contributed by atoms with van der Waals surface area (Å²) in [4.78, 5) is 12.1. The van der Waals surface area contributed by atoms with E-state index in [9.17, 15) is 4.79 Å². The number of amides is 1. The molecule has 0 bridgehead atoms. The Morgan fingerprint density at radius 3 is 2.44 bits per heavy atom. The minimum atomic E-state index is -0.253. The van der Waals surface area contributed by atoms with Crippen LogP contribution in [0.2, 0.25) is 0 Å². The first-order valence-corrected chi connectivity index (χ1v) is 8.07. The van der Waals surface area contributed by atoms with Gasteiger partial charge in [0.15, 0.2) is 5.11 Å². The number of aromatic nitrogens is 1. The molecular formula is C19H17N3O2S. The highest BCUT2D eigenvalue weighted by atomic mass is 32.1. The molecule has 0 saturated carbocycles. The van der Waals surface area contributed by atoms with Crippen LogP contribution in [-0.2, 0) is 0 Å². The molecule has 3 aromatic rings. The standard InChI is InChI=1S/C19H17N3O2S/c1-24-17-10-9-15(13-16(17)22-11-5-6-12-22)20-19(25)21-18(23)14-7-3-2-4-8-14/h2-13H,1H3,(H2,20,21,23,25). The topological polar surface area (TPSA) is 55.3 Å². The Bertz CT molecular complexity index is 877. The maximum atomic E-state index is 12.1. The zero-order valence-corrected chi connectivity index (χ0v) is 14.4. The summed E-state index contributed by atoms with van der Waals surface area (Å²) in [6.45, 7) is 0. The van der Waals surface area contributed by atoms with Gasteiger partial charge in [0.1, 0.15) is 5.75 Å². The molecule has 2 N–H and O–H groups in total. The first-order chi connectivity index (χ1) is 12.2. The molecular weight excluding hydrogens is 334 g/mol. The zero-order valence-electron chi connectivity index (χ0n) is 13.6. The van der Waals surface area contributed by atoms with Crippen LogP contribution in [0.25, 0.3) is 5.69 Å². The molecule has 0 aliphatic rings. The van der Waals surface area contributed by atoms with Crippen LogP contribution in [0.15, 0.2) is 73.1 Å². The number of thiocarbonyl (C=S) groups is 1. The van der Waals surface area contributed by atoms with E-state index in [1.807, 2.05) is 53.4 Å². The van der Waals surface area contributed by atoms with Crippen LogP contribution < -0.4 is 15.4 Å². The summed E-state index contributed by atoms with van der Waals surface area (Å²) in [5.74, 6) is 0.484. The Hall–Kier alpha value is -3.12. The Balaban J connectivity index is 1.73. The van der Waals surface area contributed by atoms with Crippen LogP contribution in [0.1, 0.15) is 10.4 Å². The van der Waals surface area contributed by atoms with E-state index in [4.69, 9.17) is 17.0 Å². The second-order valence-corrected chi connectivity index (χ2v) is 5.66. The number of nitrogens with one attached hydrogen (secondary N) is 2. The van der Waals surface area contributed by atoms with E-state index in [2.05, 4.69) is 10.6 Å². The van der Waals surface area contributed by atoms with Crippen LogP contribution in [-0.4, -0.2) is 22.7 Å². The summed E-state index contributed by atoms with van der Waals surface area (Å²) in [6.07, 6.45) is 3.86. The van der Waals surface area contributed by atoms with Crippen molar-refractivity contribution in [3.05, 3.63) is 78.6 Å². The number of benzene rings is 2. The van der Waals surface area contributed by atoms with E-state index in [1.165, 1.54) is 0 Å². The van der Waals surface area contributed by atoms with Gasteiger partial charge < -0.3 is 14.6 Å². The van der Waals surface area contributed by atoms with Gasteiger partial charge in [0.2, 0.25) is 0 Å². The molecule has 1 aromatic heterocycles. The van der Waals surface area contributed by atoms with Crippen molar-refractivity contribution >= 4 is 28.9 Å². The molecule has 126 valence electrons. The third-order valence-electron chi connectivity index (χ3n) is 3.58. The van der Waals surface area contributed by atoms with Crippen molar-refractivity contribution in [2.45, 2.75) is 0 Å². The zero-order chi connectivity index (χ0) is 17.6. The van der Waals surface area contributed by atoms with Gasteiger partial charge in [-0.3, -0.25) is 10.1 Å². The monoisotopic (exact) mass is 351 g/mol. The molecule has 1 heterocycles. The van der Waals surface area contributed by atoms with Crippen molar-refractivity contribution in [2.24, 2.45) is 0 Å². The maximum absolute atomic E-state index is 12.1. The SMILES string of the molecule is COc1ccc(NC(=S)NC(=O)c2ccccc2)cc1-n1cccc1. The van der Waals surface area contributed by atoms with Gasteiger partial charge in [-0.25, -0.2) is 0 Å². The molecule has 3 rings (SSSR count). The average Bonchev–Trinajstić information content (AvgIpc) is 3.17. The van der Waals surface area contributed by atoms with Crippen molar-refractivity contribution in [3.8, 4) is 11.4 Å². The molecule has 6 heteroatoms. The summed E-state index contributed by atoms with van der Waals surface area (Å²) in [6, 6.07) is 18.4. The highest BCUT2D eigenvalue weighted by Crippen LogP contribution is 2.26. The number of anilines is 1. The average molecular weight is 351 g/mol. The van der Waals surface area contributed by atoms with Crippen molar-refractivity contribution in [3.63, 3.8) is 0 Å². The van der Waals surface area contributed by atoms with Crippen molar-refractivity contribution < 1.29 is 9.53 Å². The molecule has 2 aromatic carbocycles. The van der Waals surface area contributed by atoms with Gasteiger partial charge >= 0.3 is 0 Å². The number of carbonyl (C=O) groups is 1. The second kappa shape index (κ2) is 7.63. The number of nitrogens with zero attached hydrogens (tertiary/aromatic N) is 1. The van der Waals surface area contributed by atoms with E-state index in [0.717, 1.165) is 17.1 Å². The largest absolute Gasteiger partial charge is 0.495 e. The summed E-state index contributed by atoms with van der Waals surface area (Å²) < 4.78 is 7.34. The van der Waals surface area contributed by atoms with Crippen molar-refractivity contribution in [1.82, 2.24) is 9.88 Å². The molecule has 1 amide bonds. The van der Waals surface area contributed by atoms with Crippen LogP contribution in [0, 0.1) is 0 Å². The highest BCUT2D eigenvalue weighted by Gasteiger charge is 2.10. The van der Waals surface area contributed by atoms with E-state index < -0.39 is 0 Å². The van der Waals surface area contributed by atoms with Crippen molar-refractivity contribution in [1.29, 1.82) is 0 Å². The third-order valence-corrected chi connectivity index (χ3v) is 3.79. The number of rotatable bonds is 4. The smallest absolute Gasteiger partial charge is 0.257 e. The molecule has 0 aliphatic carbocycles. The van der Waals surface area contributed by atoms with E-state index >= 15 is 0 Å². The summed E-state index contributed by atoms with van der Waals surface area (Å²) in [5, 5.41) is 5.93. The molecule has 0 fully saturated rings. The molecule has 0 radical (unpaired) electrons. The minimum absolute atomic E-state index is 0.234. The molecule has 0 unspecified atom stereocenters. The first kappa shape index (κ1) is 16.7. The molecule has 25 heavy (non-hydrogen) atoms. The minimum Gasteiger partial charge on any atom is -0.495 e. The Kier molecular flexibility index (Phi) is 5.11. The predicted molar refractivity (Wildman–Crippen MR) is 102 cm³/mol. The van der Waals surface area contributed by atoms with Crippen LogP contribution in [0.5, 0.6) is 5.75 Å². The Labute approximate surface area is 151 Å². The maximum Gasteiger partial charge on any atom is 0.257 e. The highest BCUT2D eigenvalue weighted by molar-refractivity contribution is 7.80. The molecule has 0 aliphatic heterocycles. The fraction of sp³-hybridized carbons (Fsp3) is 0.0526. The number of carbonyl (C=O) groups excluding carboxylic acids is 1. The Morgan fingerprint density at radius 2 is 1.76 bits per heavy atom. The summed E-state index contributed by atoms with van der Waals surface area (Å²) >= 11 is 5.24. The number of hydrogen-bond donors (Lipinski definition) is 2. The lowest BCUT2D eigenvalue weighted by Gasteiger charge is -2.14. The van der Waals surface area contributed by atoms with E-state index in [-0.39, 0.29) is 11.0 Å². The van der Waals surface area contributed by atoms with Gasteiger partial charge in [-0.2, -0.15) is 0 Å². The Morgan fingerprint density at radius 1 is 1.04 bits per heavy atom. The second-order valence-electron chi connectivity index (χ2n) is 5.25. The predicted octanol–water partition coefficient (Wildman–Crippen LogP) is 3.61. The lowest BCUT2D eigenvalue weighted by atomic mass is 10.2. The number of hydrogen-bond acceptors (Lipinski definition) is 3. The third kappa shape index (κ3) is 4.05. The van der Waals surface area contributed by atoms with Gasteiger partial charge in [-0.05, 0) is 54.7 Å². The molecule has 0 atom stereocenters.